The van der Waals surface area contributed by atoms with E-state index in [1.54, 1.807) is 18.3 Å². The summed E-state index contributed by atoms with van der Waals surface area (Å²) < 4.78 is 34.3. The Morgan fingerprint density at radius 1 is 1.23 bits per heavy atom. The number of ether oxygens (including phenoxy) is 1. The summed E-state index contributed by atoms with van der Waals surface area (Å²) in [6.45, 7) is 7.33. The third-order valence-electron chi connectivity index (χ3n) is 3.40. The first-order valence-electron chi connectivity index (χ1n) is 7.21. The van der Waals surface area contributed by atoms with Crippen molar-refractivity contribution in [3.05, 3.63) is 41.7 Å². The topological polar surface area (TPSA) is 73.2 Å². The maximum absolute atomic E-state index is 12.3. The molecule has 2 aromatic rings. The molecule has 1 N–H and O–H groups in total. The molecule has 0 radical (unpaired) electrons. The maximum Gasteiger partial charge on any atom is 0.240 e. The van der Waals surface area contributed by atoms with Crippen LogP contribution in [0.15, 0.2) is 35.4 Å². The number of aromatic nitrogens is 2. The van der Waals surface area contributed by atoms with E-state index in [1.165, 1.54) is 12.1 Å². The first-order valence-corrected chi connectivity index (χ1v) is 8.70. The second kappa shape index (κ2) is 6.93. The highest BCUT2D eigenvalue weighted by Gasteiger charge is 2.15. The van der Waals surface area contributed by atoms with E-state index in [-0.39, 0.29) is 11.4 Å². The minimum absolute atomic E-state index is 0.219. The van der Waals surface area contributed by atoms with E-state index in [0.29, 0.717) is 12.4 Å². The van der Waals surface area contributed by atoms with Gasteiger partial charge in [-0.05, 0) is 45.0 Å². The van der Waals surface area contributed by atoms with Crippen LogP contribution in [0.4, 0.5) is 0 Å². The molecule has 0 spiro atoms. The lowest BCUT2D eigenvalue weighted by molar-refractivity contribution is 0.340. The number of benzene rings is 1. The van der Waals surface area contributed by atoms with E-state index >= 15 is 0 Å². The van der Waals surface area contributed by atoms with Crippen molar-refractivity contribution in [2.45, 2.75) is 38.8 Å². The van der Waals surface area contributed by atoms with Gasteiger partial charge in [-0.15, -0.1) is 0 Å². The summed E-state index contributed by atoms with van der Waals surface area (Å²) in [6.07, 6.45) is 1.69. The van der Waals surface area contributed by atoms with Crippen LogP contribution in [0.2, 0.25) is 0 Å². The van der Waals surface area contributed by atoms with Gasteiger partial charge in [-0.2, -0.15) is 5.10 Å². The number of hydrogen-bond acceptors (Lipinski definition) is 4. The van der Waals surface area contributed by atoms with Gasteiger partial charge in [-0.3, -0.25) is 4.68 Å². The fraction of sp³-hybridized carbons (Fsp3) is 0.400. The van der Waals surface area contributed by atoms with Crippen LogP contribution in [0.5, 0.6) is 5.75 Å². The highest BCUT2D eigenvalue weighted by atomic mass is 32.2. The minimum Gasteiger partial charge on any atom is -0.494 e. The van der Waals surface area contributed by atoms with Crippen LogP contribution in [0.3, 0.4) is 0 Å². The molecule has 0 fully saturated rings. The molecule has 0 aliphatic rings. The van der Waals surface area contributed by atoms with Crippen LogP contribution in [0.25, 0.3) is 0 Å². The van der Waals surface area contributed by atoms with Crippen molar-refractivity contribution in [2.24, 2.45) is 0 Å². The monoisotopic (exact) mass is 323 g/mol. The molecule has 2 rings (SSSR count). The third-order valence-corrected chi connectivity index (χ3v) is 4.82. The zero-order valence-electron chi connectivity index (χ0n) is 13.0. The van der Waals surface area contributed by atoms with Crippen molar-refractivity contribution in [3.63, 3.8) is 0 Å². The number of rotatable bonds is 7. The molecule has 22 heavy (non-hydrogen) atoms. The molecule has 7 heteroatoms. The fourth-order valence-corrected chi connectivity index (χ4v) is 3.12. The molecule has 0 bridgehead atoms. The van der Waals surface area contributed by atoms with E-state index in [4.69, 9.17) is 4.74 Å². The van der Waals surface area contributed by atoms with Gasteiger partial charge in [0.15, 0.2) is 0 Å². The third kappa shape index (κ3) is 3.66. The Morgan fingerprint density at radius 2 is 1.91 bits per heavy atom. The Hall–Kier alpha value is -1.86. The molecule has 1 aromatic carbocycles. The number of hydrogen-bond donors (Lipinski definition) is 1. The Labute approximate surface area is 131 Å². The van der Waals surface area contributed by atoms with Crippen LogP contribution in [0, 0.1) is 6.92 Å². The average molecular weight is 323 g/mol. The molecule has 0 aliphatic carbocycles. The highest BCUT2D eigenvalue weighted by molar-refractivity contribution is 7.89. The fourth-order valence-electron chi connectivity index (χ4n) is 2.12. The highest BCUT2D eigenvalue weighted by Crippen LogP contribution is 2.16. The molecular weight excluding hydrogens is 302 g/mol. The first-order chi connectivity index (χ1) is 10.5. The van der Waals surface area contributed by atoms with Gasteiger partial charge in [0.05, 0.1) is 17.7 Å². The molecule has 0 saturated heterocycles. The summed E-state index contributed by atoms with van der Waals surface area (Å²) in [5.74, 6) is 0.654. The van der Waals surface area contributed by atoms with Crippen molar-refractivity contribution >= 4 is 10.0 Å². The summed E-state index contributed by atoms with van der Waals surface area (Å²) in [6, 6.07) is 6.38. The molecule has 0 saturated carbocycles. The Bertz CT molecular complexity index is 721. The summed E-state index contributed by atoms with van der Waals surface area (Å²) in [5.41, 5.74) is 1.84. The molecule has 6 nitrogen and oxygen atoms in total. The second-order valence-corrected chi connectivity index (χ2v) is 6.57. The molecule has 1 heterocycles. The van der Waals surface area contributed by atoms with E-state index < -0.39 is 10.0 Å². The number of aryl methyl sites for hydroxylation is 1. The normalized spacial score (nSPS) is 11.6. The van der Waals surface area contributed by atoms with E-state index in [2.05, 4.69) is 9.82 Å². The smallest absolute Gasteiger partial charge is 0.240 e. The largest absolute Gasteiger partial charge is 0.494 e. The predicted octanol–water partition coefficient (Wildman–Crippen LogP) is 2.09. The van der Waals surface area contributed by atoms with Crippen molar-refractivity contribution in [1.82, 2.24) is 14.5 Å². The lowest BCUT2D eigenvalue weighted by Gasteiger charge is -2.08. The van der Waals surface area contributed by atoms with Crippen LogP contribution >= 0.6 is 0 Å². The molecule has 0 aliphatic heterocycles. The Balaban J connectivity index is 2.08. The number of nitrogens with one attached hydrogen (secondary N) is 1. The molecular formula is C15H21N3O3S. The Kier molecular flexibility index (Phi) is 5.20. The van der Waals surface area contributed by atoms with Crippen molar-refractivity contribution in [1.29, 1.82) is 0 Å². The van der Waals surface area contributed by atoms with Gasteiger partial charge >= 0.3 is 0 Å². The standard InChI is InChI=1S/C15H21N3O3S/c1-4-18-12(3)13(10-16-18)11-17-22(19,20)15-8-6-14(7-9-15)21-5-2/h6-10,17H,4-5,11H2,1-3H3. The zero-order chi connectivity index (χ0) is 16.2. The summed E-state index contributed by atoms with van der Waals surface area (Å²) >= 11 is 0. The minimum atomic E-state index is -3.55. The van der Waals surface area contributed by atoms with Crippen LogP contribution in [-0.4, -0.2) is 24.8 Å². The van der Waals surface area contributed by atoms with Gasteiger partial charge in [0.2, 0.25) is 10.0 Å². The van der Waals surface area contributed by atoms with Crippen LogP contribution < -0.4 is 9.46 Å². The quantitative estimate of drug-likeness (QED) is 0.847. The summed E-state index contributed by atoms with van der Waals surface area (Å²) in [5, 5.41) is 4.21. The van der Waals surface area contributed by atoms with Gasteiger partial charge in [0, 0.05) is 24.3 Å². The number of sulfonamides is 1. The van der Waals surface area contributed by atoms with Gasteiger partial charge in [0.25, 0.3) is 0 Å². The lowest BCUT2D eigenvalue weighted by Crippen LogP contribution is -2.23. The molecule has 0 atom stereocenters. The molecule has 1 aromatic heterocycles. The van der Waals surface area contributed by atoms with Crippen LogP contribution in [0.1, 0.15) is 25.1 Å². The predicted molar refractivity (Wildman–Crippen MR) is 84.3 cm³/mol. The van der Waals surface area contributed by atoms with Crippen molar-refractivity contribution in [3.8, 4) is 5.75 Å². The van der Waals surface area contributed by atoms with E-state index in [9.17, 15) is 8.42 Å². The second-order valence-electron chi connectivity index (χ2n) is 4.80. The molecule has 0 amide bonds. The van der Waals surface area contributed by atoms with Crippen molar-refractivity contribution in [2.75, 3.05) is 6.61 Å². The molecule has 0 unspecified atom stereocenters. The van der Waals surface area contributed by atoms with Crippen molar-refractivity contribution < 1.29 is 13.2 Å². The van der Waals surface area contributed by atoms with Gasteiger partial charge < -0.3 is 4.74 Å². The first kappa shape index (κ1) is 16.5. The summed E-state index contributed by atoms with van der Waals surface area (Å²) in [7, 11) is -3.55. The van der Waals surface area contributed by atoms with E-state index in [0.717, 1.165) is 17.8 Å². The van der Waals surface area contributed by atoms with E-state index in [1.807, 2.05) is 25.5 Å². The van der Waals surface area contributed by atoms with Crippen LogP contribution in [-0.2, 0) is 23.1 Å². The average Bonchev–Trinajstić information content (AvgIpc) is 2.86. The number of nitrogens with zero attached hydrogens (tertiary/aromatic N) is 2. The van der Waals surface area contributed by atoms with Gasteiger partial charge in [-0.25, -0.2) is 13.1 Å². The van der Waals surface area contributed by atoms with Gasteiger partial charge in [0.1, 0.15) is 5.75 Å². The zero-order valence-corrected chi connectivity index (χ0v) is 13.9. The van der Waals surface area contributed by atoms with Gasteiger partial charge in [-0.1, -0.05) is 0 Å². The molecule has 120 valence electrons. The lowest BCUT2D eigenvalue weighted by atomic mass is 10.3. The maximum atomic E-state index is 12.3. The Morgan fingerprint density at radius 3 is 2.45 bits per heavy atom. The summed E-state index contributed by atoms with van der Waals surface area (Å²) in [4.78, 5) is 0.219. The SMILES string of the molecule is CCOc1ccc(S(=O)(=O)NCc2cnn(CC)c2C)cc1.